The SMILES string of the molecule is C.CNC(=O)CC(c1ccccc1)c1ccc2[nH]ncc2c1.CNCCC(c1ccccc1)c1ccc2[nH]ncc2c1. The molecule has 7 heteroatoms. The van der Waals surface area contributed by atoms with Gasteiger partial charge in [-0.15, -0.1) is 0 Å². The summed E-state index contributed by atoms with van der Waals surface area (Å²) in [6, 6.07) is 33.5. The van der Waals surface area contributed by atoms with Crippen molar-refractivity contribution in [3.63, 3.8) is 0 Å². The molecule has 4 aromatic carbocycles. The molecule has 0 bridgehead atoms. The predicted molar refractivity (Wildman–Crippen MR) is 173 cm³/mol. The third-order valence-corrected chi connectivity index (χ3v) is 7.49. The number of H-pyrrole nitrogens is 2. The number of benzene rings is 4. The van der Waals surface area contributed by atoms with E-state index in [2.05, 4.69) is 104 Å². The van der Waals surface area contributed by atoms with E-state index in [1.807, 2.05) is 37.5 Å². The van der Waals surface area contributed by atoms with Gasteiger partial charge in [0.05, 0.1) is 23.4 Å². The van der Waals surface area contributed by atoms with Crippen LogP contribution in [0.3, 0.4) is 0 Å². The number of aromatic nitrogens is 4. The Bertz CT molecular complexity index is 1680. The Labute approximate surface area is 247 Å². The number of nitrogens with one attached hydrogen (secondary N) is 4. The second-order valence-electron chi connectivity index (χ2n) is 10.1. The highest BCUT2D eigenvalue weighted by Gasteiger charge is 2.18. The summed E-state index contributed by atoms with van der Waals surface area (Å²) in [7, 11) is 3.67. The van der Waals surface area contributed by atoms with Gasteiger partial charge in [-0.3, -0.25) is 15.0 Å². The van der Waals surface area contributed by atoms with Crippen LogP contribution in [0.15, 0.2) is 109 Å². The molecule has 0 radical (unpaired) electrons. The fourth-order valence-corrected chi connectivity index (χ4v) is 5.26. The molecule has 42 heavy (non-hydrogen) atoms. The Morgan fingerprint density at radius 2 is 1.19 bits per heavy atom. The average Bonchev–Trinajstić information content (AvgIpc) is 3.70. The largest absolute Gasteiger partial charge is 0.359 e. The molecule has 0 spiro atoms. The van der Waals surface area contributed by atoms with Crippen LogP contribution in [-0.4, -0.2) is 46.9 Å². The maximum atomic E-state index is 11.9. The summed E-state index contributed by atoms with van der Waals surface area (Å²) in [5, 5.41) is 22.3. The van der Waals surface area contributed by atoms with Gasteiger partial charge in [-0.1, -0.05) is 80.2 Å². The van der Waals surface area contributed by atoms with Crippen LogP contribution in [0.4, 0.5) is 0 Å². The van der Waals surface area contributed by atoms with Crippen LogP contribution < -0.4 is 10.6 Å². The highest BCUT2D eigenvalue weighted by molar-refractivity contribution is 5.81. The van der Waals surface area contributed by atoms with E-state index in [-0.39, 0.29) is 19.3 Å². The quantitative estimate of drug-likeness (QED) is 0.157. The van der Waals surface area contributed by atoms with Gasteiger partial charge < -0.3 is 10.6 Å². The molecule has 7 nitrogen and oxygen atoms in total. The fourth-order valence-electron chi connectivity index (χ4n) is 5.26. The van der Waals surface area contributed by atoms with E-state index >= 15 is 0 Å². The number of aromatic amines is 2. The zero-order valence-electron chi connectivity index (χ0n) is 23.5. The van der Waals surface area contributed by atoms with Gasteiger partial charge >= 0.3 is 0 Å². The zero-order valence-corrected chi connectivity index (χ0v) is 23.5. The summed E-state index contributed by atoms with van der Waals surface area (Å²) in [6.45, 7) is 1.00. The second kappa shape index (κ2) is 14.8. The number of hydrogen-bond donors (Lipinski definition) is 4. The smallest absolute Gasteiger partial charge is 0.220 e. The number of hydrogen-bond acceptors (Lipinski definition) is 4. The van der Waals surface area contributed by atoms with Crippen molar-refractivity contribution in [2.75, 3.05) is 20.6 Å². The molecule has 2 aromatic heterocycles. The van der Waals surface area contributed by atoms with Crippen molar-refractivity contribution in [2.45, 2.75) is 32.1 Å². The lowest BCUT2D eigenvalue weighted by Crippen LogP contribution is -2.21. The van der Waals surface area contributed by atoms with Gasteiger partial charge in [0.15, 0.2) is 0 Å². The van der Waals surface area contributed by atoms with E-state index in [1.54, 1.807) is 13.2 Å². The number of carbonyl (C=O) groups excluding carboxylic acids is 1. The van der Waals surface area contributed by atoms with Crippen LogP contribution in [0.2, 0.25) is 0 Å². The van der Waals surface area contributed by atoms with Crippen LogP contribution in [0, 0.1) is 0 Å². The third-order valence-electron chi connectivity index (χ3n) is 7.49. The molecule has 1 amide bonds. The molecular weight excluding hydrogens is 520 g/mol. The normalized spacial score (nSPS) is 12.1. The van der Waals surface area contributed by atoms with Gasteiger partial charge in [0.25, 0.3) is 0 Å². The maximum absolute atomic E-state index is 11.9. The van der Waals surface area contributed by atoms with E-state index in [0.29, 0.717) is 12.3 Å². The summed E-state index contributed by atoms with van der Waals surface area (Å²) in [5.41, 5.74) is 7.08. The van der Waals surface area contributed by atoms with Crippen molar-refractivity contribution < 1.29 is 4.79 Å². The van der Waals surface area contributed by atoms with Gasteiger partial charge in [0.2, 0.25) is 5.91 Å². The highest BCUT2D eigenvalue weighted by Crippen LogP contribution is 2.31. The van der Waals surface area contributed by atoms with Crippen LogP contribution in [0.5, 0.6) is 0 Å². The Morgan fingerprint density at radius 1 is 0.690 bits per heavy atom. The molecule has 4 N–H and O–H groups in total. The van der Waals surface area contributed by atoms with Crippen molar-refractivity contribution in [3.8, 4) is 0 Å². The van der Waals surface area contributed by atoms with Gasteiger partial charge in [0.1, 0.15) is 0 Å². The predicted octanol–water partition coefficient (Wildman–Crippen LogP) is 6.77. The topological polar surface area (TPSA) is 98.5 Å². The first-order chi connectivity index (χ1) is 20.2. The Morgan fingerprint density at radius 3 is 1.69 bits per heavy atom. The zero-order chi connectivity index (χ0) is 28.4. The Hall–Kier alpha value is -4.75. The number of nitrogens with zero attached hydrogens (tertiary/aromatic N) is 2. The van der Waals surface area contributed by atoms with Crippen molar-refractivity contribution in [1.82, 2.24) is 31.0 Å². The van der Waals surface area contributed by atoms with Gasteiger partial charge in [0, 0.05) is 36.1 Å². The van der Waals surface area contributed by atoms with Gasteiger partial charge in [-0.2, -0.15) is 10.2 Å². The molecule has 2 atom stereocenters. The van der Waals surface area contributed by atoms with Crippen LogP contribution >= 0.6 is 0 Å². The van der Waals surface area contributed by atoms with Crippen molar-refractivity contribution in [3.05, 3.63) is 132 Å². The third kappa shape index (κ3) is 7.30. The Kier molecular flexibility index (Phi) is 10.6. The van der Waals surface area contributed by atoms with E-state index in [0.717, 1.165) is 40.5 Å². The minimum atomic E-state index is 0. The summed E-state index contributed by atoms with van der Waals surface area (Å²) in [6.07, 6.45) is 5.22. The summed E-state index contributed by atoms with van der Waals surface area (Å²) in [5.74, 6) is 0.504. The molecule has 0 saturated heterocycles. The molecule has 0 aliphatic heterocycles. The molecule has 6 aromatic rings. The van der Waals surface area contributed by atoms with E-state index in [4.69, 9.17) is 0 Å². The van der Waals surface area contributed by atoms with Crippen molar-refractivity contribution in [1.29, 1.82) is 0 Å². The first kappa shape index (κ1) is 30.2. The summed E-state index contributed by atoms with van der Waals surface area (Å²) in [4.78, 5) is 11.9. The fraction of sp³-hybridized carbons (Fsp3) is 0.229. The number of rotatable bonds is 9. The van der Waals surface area contributed by atoms with Crippen molar-refractivity contribution in [2.24, 2.45) is 0 Å². The van der Waals surface area contributed by atoms with Crippen LogP contribution in [0.1, 0.15) is 54.4 Å². The minimum absolute atomic E-state index is 0. The molecule has 0 aliphatic carbocycles. The lowest BCUT2D eigenvalue weighted by molar-refractivity contribution is -0.120. The highest BCUT2D eigenvalue weighted by atomic mass is 16.1. The molecule has 2 unspecified atom stereocenters. The number of fused-ring (bicyclic) bond motifs is 2. The number of amides is 1. The number of carbonyl (C=O) groups is 1. The molecule has 0 aliphatic rings. The van der Waals surface area contributed by atoms with E-state index in [1.165, 1.54) is 16.5 Å². The Balaban J connectivity index is 0.000000189. The first-order valence-electron chi connectivity index (χ1n) is 14.0. The van der Waals surface area contributed by atoms with Gasteiger partial charge in [-0.05, 0) is 66.5 Å². The average molecular weight is 561 g/mol. The molecule has 2 heterocycles. The minimum Gasteiger partial charge on any atom is -0.359 e. The second-order valence-corrected chi connectivity index (χ2v) is 10.1. The first-order valence-corrected chi connectivity index (χ1v) is 14.0. The molecular formula is C35H40N6O. The van der Waals surface area contributed by atoms with E-state index < -0.39 is 0 Å². The monoisotopic (exact) mass is 560 g/mol. The molecule has 0 fully saturated rings. The summed E-state index contributed by atoms with van der Waals surface area (Å²) >= 11 is 0. The van der Waals surface area contributed by atoms with Crippen molar-refractivity contribution >= 4 is 27.7 Å². The van der Waals surface area contributed by atoms with Gasteiger partial charge in [-0.25, -0.2) is 0 Å². The molecule has 216 valence electrons. The lowest BCUT2D eigenvalue weighted by atomic mass is 9.88. The van der Waals surface area contributed by atoms with Crippen LogP contribution in [0.25, 0.3) is 21.8 Å². The standard InChI is InChI=1S/C17H17N3O.C17H19N3.CH4/c1-18-17(21)10-15(12-5-3-2-4-6-12)13-7-8-16-14(9-13)11-19-20-16;1-18-10-9-16(13-5-3-2-4-6-13)14-7-8-17-15(11-14)12-19-20-17;/h2-9,11,15H,10H2,1H3,(H,18,21)(H,19,20);2-8,11-12,16,18H,9-10H2,1H3,(H,19,20);1H4. The maximum Gasteiger partial charge on any atom is 0.220 e. The van der Waals surface area contributed by atoms with E-state index in [9.17, 15) is 4.79 Å². The summed E-state index contributed by atoms with van der Waals surface area (Å²) < 4.78 is 0. The molecule has 0 saturated carbocycles. The van der Waals surface area contributed by atoms with Crippen LogP contribution in [-0.2, 0) is 4.79 Å². The molecule has 6 rings (SSSR count). The lowest BCUT2D eigenvalue weighted by Gasteiger charge is -2.18.